The van der Waals surface area contributed by atoms with Gasteiger partial charge in [0.15, 0.2) is 6.29 Å². The van der Waals surface area contributed by atoms with Crippen LogP contribution in [0.3, 0.4) is 0 Å². The molecule has 5 heteroatoms. The summed E-state index contributed by atoms with van der Waals surface area (Å²) in [6.07, 6.45) is 0.508. The number of methoxy groups -OCH3 is 3. The highest BCUT2D eigenvalue weighted by atomic mass is 16.7. The van der Waals surface area contributed by atoms with Crippen molar-refractivity contribution in [2.45, 2.75) is 12.7 Å². The van der Waals surface area contributed by atoms with Crippen molar-refractivity contribution in [3.05, 3.63) is 29.8 Å². The second-order valence-corrected chi connectivity index (χ2v) is 5.00. The predicted octanol–water partition coefficient (Wildman–Crippen LogP) is 3.30. The number of ether oxygens (including phenoxy) is 5. The molecule has 3 rings (SSSR count). The lowest BCUT2D eigenvalue weighted by Gasteiger charge is -2.26. The third-order valence-corrected chi connectivity index (χ3v) is 3.82. The minimum absolute atomic E-state index is 0.400. The SMILES string of the molecule is COc1ccc(OC)c2c(C3OCCCO3)ccc(OC)c12. The summed E-state index contributed by atoms with van der Waals surface area (Å²) < 4.78 is 28.0. The van der Waals surface area contributed by atoms with Gasteiger partial charge in [0.2, 0.25) is 0 Å². The quantitative estimate of drug-likeness (QED) is 0.867. The topological polar surface area (TPSA) is 46.2 Å². The Labute approximate surface area is 129 Å². The highest BCUT2D eigenvalue weighted by Crippen LogP contribution is 2.44. The Kier molecular flexibility index (Phi) is 4.36. The molecule has 0 bridgehead atoms. The lowest BCUT2D eigenvalue weighted by atomic mass is 10.0. The molecule has 0 spiro atoms. The van der Waals surface area contributed by atoms with Crippen LogP contribution in [-0.4, -0.2) is 34.5 Å². The molecule has 22 heavy (non-hydrogen) atoms. The second-order valence-electron chi connectivity index (χ2n) is 5.00. The van der Waals surface area contributed by atoms with Crippen LogP contribution < -0.4 is 14.2 Å². The van der Waals surface area contributed by atoms with Gasteiger partial charge < -0.3 is 23.7 Å². The summed E-state index contributed by atoms with van der Waals surface area (Å²) in [5.74, 6) is 2.19. The monoisotopic (exact) mass is 304 g/mol. The molecule has 1 fully saturated rings. The van der Waals surface area contributed by atoms with Crippen molar-refractivity contribution in [1.82, 2.24) is 0 Å². The van der Waals surface area contributed by atoms with Gasteiger partial charge in [-0.25, -0.2) is 0 Å². The molecule has 0 amide bonds. The number of hydrogen-bond donors (Lipinski definition) is 0. The van der Waals surface area contributed by atoms with Crippen LogP contribution >= 0.6 is 0 Å². The van der Waals surface area contributed by atoms with E-state index in [2.05, 4.69) is 0 Å². The first-order valence-corrected chi connectivity index (χ1v) is 7.25. The maximum absolute atomic E-state index is 5.76. The maximum atomic E-state index is 5.76. The van der Waals surface area contributed by atoms with E-state index < -0.39 is 6.29 Å². The molecule has 2 aromatic rings. The lowest BCUT2D eigenvalue weighted by molar-refractivity contribution is -0.182. The van der Waals surface area contributed by atoms with E-state index in [0.29, 0.717) is 13.2 Å². The largest absolute Gasteiger partial charge is 0.496 e. The minimum atomic E-state index is -0.400. The molecule has 0 unspecified atom stereocenters. The zero-order chi connectivity index (χ0) is 15.5. The number of benzene rings is 2. The standard InChI is InChI=1S/C17H20O5/c1-18-12-7-8-14(20-3)16-13(19-2)6-5-11(15(12)16)17-21-9-4-10-22-17/h5-8,17H,4,9-10H2,1-3H3. The second kappa shape index (κ2) is 6.42. The van der Waals surface area contributed by atoms with Gasteiger partial charge >= 0.3 is 0 Å². The first-order chi connectivity index (χ1) is 10.8. The molecule has 0 aliphatic carbocycles. The Morgan fingerprint density at radius 1 is 0.773 bits per heavy atom. The molecule has 5 nitrogen and oxygen atoms in total. The number of hydrogen-bond acceptors (Lipinski definition) is 5. The van der Waals surface area contributed by atoms with Gasteiger partial charge in [-0.3, -0.25) is 0 Å². The van der Waals surface area contributed by atoms with Crippen LogP contribution in [0.2, 0.25) is 0 Å². The Balaban J connectivity index is 2.28. The Morgan fingerprint density at radius 2 is 1.27 bits per heavy atom. The van der Waals surface area contributed by atoms with Crippen LogP contribution in [0, 0.1) is 0 Å². The molecule has 0 saturated carbocycles. The molecular formula is C17H20O5. The molecular weight excluding hydrogens is 284 g/mol. The molecule has 2 aromatic carbocycles. The van der Waals surface area contributed by atoms with E-state index >= 15 is 0 Å². The van der Waals surface area contributed by atoms with Gasteiger partial charge in [0.25, 0.3) is 0 Å². The van der Waals surface area contributed by atoms with Crippen molar-refractivity contribution >= 4 is 10.8 Å². The predicted molar refractivity (Wildman–Crippen MR) is 82.9 cm³/mol. The third kappa shape index (κ3) is 2.46. The van der Waals surface area contributed by atoms with Crippen LogP contribution in [0.25, 0.3) is 10.8 Å². The van der Waals surface area contributed by atoms with E-state index in [-0.39, 0.29) is 0 Å². The molecule has 1 aliphatic rings. The highest BCUT2D eigenvalue weighted by molar-refractivity contribution is 6.00. The molecule has 118 valence electrons. The van der Waals surface area contributed by atoms with E-state index in [1.165, 1.54) is 0 Å². The number of rotatable bonds is 4. The average Bonchev–Trinajstić information content (AvgIpc) is 2.60. The van der Waals surface area contributed by atoms with Gasteiger partial charge in [0, 0.05) is 10.9 Å². The fourth-order valence-electron chi connectivity index (χ4n) is 2.80. The van der Waals surface area contributed by atoms with Crippen LogP contribution in [0.1, 0.15) is 18.3 Å². The van der Waals surface area contributed by atoms with E-state index in [9.17, 15) is 0 Å². The van der Waals surface area contributed by atoms with Crippen molar-refractivity contribution in [3.63, 3.8) is 0 Å². The molecule has 0 radical (unpaired) electrons. The average molecular weight is 304 g/mol. The first-order valence-electron chi connectivity index (χ1n) is 7.25. The molecule has 0 aromatic heterocycles. The zero-order valence-electron chi connectivity index (χ0n) is 13.0. The summed E-state index contributed by atoms with van der Waals surface area (Å²) in [7, 11) is 4.93. The normalized spacial score (nSPS) is 15.8. The summed E-state index contributed by atoms with van der Waals surface area (Å²) in [5.41, 5.74) is 0.922. The van der Waals surface area contributed by atoms with Crippen LogP contribution in [0.5, 0.6) is 17.2 Å². The van der Waals surface area contributed by atoms with Crippen molar-refractivity contribution in [2.24, 2.45) is 0 Å². The summed E-state index contributed by atoms with van der Waals surface area (Å²) in [4.78, 5) is 0. The van der Waals surface area contributed by atoms with Crippen LogP contribution in [-0.2, 0) is 9.47 Å². The Hall–Kier alpha value is -1.98. The smallest absolute Gasteiger partial charge is 0.184 e. The van der Waals surface area contributed by atoms with E-state index in [0.717, 1.165) is 40.0 Å². The lowest BCUT2D eigenvalue weighted by Crippen LogP contribution is -2.18. The van der Waals surface area contributed by atoms with Gasteiger partial charge in [-0.05, 0) is 30.7 Å². The van der Waals surface area contributed by atoms with E-state index in [4.69, 9.17) is 23.7 Å². The summed E-state index contributed by atoms with van der Waals surface area (Å²) in [6, 6.07) is 7.61. The van der Waals surface area contributed by atoms with Gasteiger partial charge in [0.1, 0.15) is 17.2 Å². The Bertz CT molecular complexity index is 651. The van der Waals surface area contributed by atoms with Crippen LogP contribution in [0.15, 0.2) is 24.3 Å². The van der Waals surface area contributed by atoms with Crippen molar-refractivity contribution in [1.29, 1.82) is 0 Å². The molecule has 0 atom stereocenters. The maximum Gasteiger partial charge on any atom is 0.184 e. The molecule has 1 aliphatic heterocycles. The first kappa shape index (κ1) is 14.9. The fourth-order valence-corrected chi connectivity index (χ4v) is 2.80. The molecule has 1 heterocycles. The Morgan fingerprint density at radius 3 is 1.82 bits per heavy atom. The van der Waals surface area contributed by atoms with E-state index in [1.54, 1.807) is 21.3 Å². The summed E-state index contributed by atoms with van der Waals surface area (Å²) >= 11 is 0. The third-order valence-electron chi connectivity index (χ3n) is 3.82. The molecule has 0 N–H and O–H groups in total. The van der Waals surface area contributed by atoms with Crippen molar-refractivity contribution in [3.8, 4) is 17.2 Å². The van der Waals surface area contributed by atoms with Gasteiger partial charge in [-0.2, -0.15) is 0 Å². The highest BCUT2D eigenvalue weighted by Gasteiger charge is 2.24. The van der Waals surface area contributed by atoms with Gasteiger partial charge in [-0.1, -0.05) is 0 Å². The summed E-state index contributed by atoms with van der Waals surface area (Å²) in [6.45, 7) is 1.37. The summed E-state index contributed by atoms with van der Waals surface area (Å²) in [5, 5.41) is 1.76. The minimum Gasteiger partial charge on any atom is -0.496 e. The molecule has 1 saturated heterocycles. The van der Waals surface area contributed by atoms with Crippen molar-refractivity contribution < 1.29 is 23.7 Å². The van der Waals surface area contributed by atoms with Crippen LogP contribution in [0.4, 0.5) is 0 Å². The fraction of sp³-hybridized carbons (Fsp3) is 0.412. The van der Waals surface area contributed by atoms with E-state index in [1.807, 2.05) is 24.3 Å². The van der Waals surface area contributed by atoms with Crippen molar-refractivity contribution in [2.75, 3.05) is 34.5 Å². The van der Waals surface area contributed by atoms with Gasteiger partial charge in [-0.15, -0.1) is 0 Å². The van der Waals surface area contributed by atoms with Gasteiger partial charge in [0.05, 0.1) is 39.9 Å². The zero-order valence-corrected chi connectivity index (χ0v) is 13.0. The number of fused-ring (bicyclic) bond motifs is 1.